The zero-order valence-corrected chi connectivity index (χ0v) is 11.6. The molecule has 2 aliphatic rings. The Morgan fingerprint density at radius 3 is 2.35 bits per heavy atom. The highest BCUT2D eigenvalue weighted by Crippen LogP contribution is 2.39. The third kappa shape index (κ3) is 3.03. The molecule has 0 radical (unpaired) electrons. The SMILES string of the molecule is CCOC1(C(CC2CCC2)NC)CCCCC1. The van der Waals surface area contributed by atoms with Crippen LogP contribution >= 0.6 is 0 Å². The van der Waals surface area contributed by atoms with Crippen LogP contribution in [0.2, 0.25) is 0 Å². The summed E-state index contributed by atoms with van der Waals surface area (Å²) in [5.74, 6) is 0.965. The van der Waals surface area contributed by atoms with E-state index >= 15 is 0 Å². The Labute approximate surface area is 107 Å². The van der Waals surface area contributed by atoms with Crippen molar-refractivity contribution in [2.75, 3.05) is 13.7 Å². The molecule has 2 heteroatoms. The van der Waals surface area contributed by atoms with Crippen LogP contribution in [-0.2, 0) is 4.74 Å². The predicted molar refractivity (Wildman–Crippen MR) is 72.2 cm³/mol. The third-order valence-corrected chi connectivity index (χ3v) is 4.91. The molecule has 2 fully saturated rings. The summed E-state index contributed by atoms with van der Waals surface area (Å²) in [4.78, 5) is 0. The first-order valence-electron chi connectivity index (χ1n) is 7.62. The zero-order valence-electron chi connectivity index (χ0n) is 11.6. The van der Waals surface area contributed by atoms with Gasteiger partial charge in [0.2, 0.25) is 0 Å². The van der Waals surface area contributed by atoms with Crippen molar-refractivity contribution >= 4 is 0 Å². The number of hydrogen-bond donors (Lipinski definition) is 1. The van der Waals surface area contributed by atoms with Gasteiger partial charge in [-0.3, -0.25) is 0 Å². The first-order valence-corrected chi connectivity index (χ1v) is 7.62. The second-order valence-electron chi connectivity index (χ2n) is 5.93. The lowest BCUT2D eigenvalue weighted by Gasteiger charge is -2.45. The number of rotatable bonds is 6. The Hall–Kier alpha value is -0.0800. The Kier molecular flexibility index (Phi) is 4.87. The number of ether oxygens (including phenoxy) is 1. The molecular formula is C15H29NO. The Morgan fingerprint density at radius 1 is 1.18 bits per heavy atom. The van der Waals surface area contributed by atoms with E-state index in [1.54, 1.807) is 0 Å². The topological polar surface area (TPSA) is 21.3 Å². The van der Waals surface area contributed by atoms with Crippen LogP contribution in [0.3, 0.4) is 0 Å². The molecule has 2 nitrogen and oxygen atoms in total. The Bertz CT molecular complexity index is 213. The Balaban J connectivity index is 1.99. The van der Waals surface area contributed by atoms with Crippen molar-refractivity contribution in [1.82, 2.24) is 5.32 Å². The van der Waals surface area contributed by atoms with Crippen molar-refractivity contribution in [1.29, 1.82) is 0 Å². The van der Waals surface area contributed by atoms with Gasteiger partial charge < -0.3 is 10.1 Å². The first-order chi connectivity index (χ1) is 8.30. The summed E-state index contributed by atoms with van der Waals surface area (Å²) in [5, 5.41) is 3.57. The molecule has 1 N–H and O–H groups in total. The number of nitrogens with one attached hydrogen (secondary N) is 1. The van der Waals surface area contributed by atoms with Gasteiger partial charge in [-0.2, -0.15) is 0 Å². The lowest BCUT2D eigenvalue weighted by atomic mass is 9.72. The van der Waals surface area contributed by atoms with Crippen molar-refractivity contribution < 1.29 is 4.74 Å². The van der Waals surface area contributed by atoms with E-state index in [4.69, 9.17) is 4.74 Å². The van der Waals surface area contributed by atoms with Gasteiger partial charge in [-0.15, -0.1) is 0 Å². The van der Waals surface area contributed by atoms with Gasteiger partial charge in [-0.1, -0.05) is 38.5 Å². The quantitative estimate of drug-likeness (QED) is 0.766. The molecule has 0 aliphatic heterocycles. The van der Waals surface area contributed by atoms with E-state index < -0.39 is 0 Å². The lowest BCUT2D eigenvalue weighted by Crippen LogP contribution is -2.53. The fraction of sp³-hybridized carbons (Fsp3) is 1.00. The maximum Gasteiger partial charge on any atom is 0.0834 e. The minimum atomic E-state index is 0.150. The summed E-state index contributed by atoms with van der Waals surface area (Å²) in [6, 6.07) is 0.577. The molecule has 2 saturated carbocycles. The van der Waals surface area contributed by atoms with Crippen LogP contribution < -0.4 is 5.32 Å². The van der Waals surface area contributed by atoms with Crippen LogP contribution in [0, 0.1) is 5.92 Å². The van der Waals surface area contributed by atoms with Gasteiger partial charge in [0.1, 0.15) is 0 Å². The van der Waals surface area contributed by atoms with E-state index in [-0.39, 0.29) is 5.60 Å². The number of likely N-dealkylation sites (N-methyl/N-ethyl adjacent to an activating group) is 1. The molecule has 0 aromatic heterocycles. The smallest absolute Gasteiger partial charge is 0.0834 e. The first kappa shape index (κ1) is 13.4. The van der Waals surface area contributed by atoms with Crippen molar-refractivity contribution in [2.45, 2.75) is 76.4 Å². The highest BCUT2D eigenvalue weighted by Gasteiger charge is 2.41. The zero-order chi connectivity index (χ0) is 12.1. The van der Waals surface area contributed by atoms with E-state index in [0.29, 0.717) is 6.04 Å². The van der Waals surface area contributed by atoms with Crippen molar-refractivity contribution in [3.63, 3.8) is 0 Å². The Morgan fingerprint density at radius 2 is 1.88 bits per heavy atom. The average molecular weight is 239 g/mol. The van der Waals surface area contributed by atoms with Crippen LogP contribution in [0.25, 0.3) is 0 Å². The van der Waals surface area contributed by atoms with Gasteiger partial charge in [-0.25, -0.2) is 0 Å². The van der Waals surface area contributed by atoms with E-state index in [2.05, 4.69) is 19.3 Å². The molecule has 0 aromatic carbocycles. The normalized spacial score (nSPS) is 26.5. The van der Waals surface area contributed by atoms with E-state index in [9.17, 15) is 0 Å². The second-order valence-corrected chi connectivity index (χ2v) is 5.93. The second kappa shape index (κ2) is 6.19. The van der Waals surface area contributed by atoms with E-state index in [1.165, 1.54) is 57.8 Å². The summed E-state index contributed by atoms with van der Waals surface area (Å²) in [7, 11) is 2.12. The average Bonchev–Trinajstić information content (AvgIpc) is 2.29. The van der Waals surface area contributed by atoms with Crippen LogP contribution in [-0.4, -0.2) is 25.3 Å². The maximum atomic E-state index is 6.23. The van der Waals surface area contributed by atoms with Crippen molar-refractivity contribution in [3.05, 3.63) is 0 Å². The van der Waals surface area contributed by atoms with Gasteiger partial charge in [-0.05, 0) is 39.2 Å². The van der Waals surface area contributed by atoms with Gasteiger partial charge in [0, 0.05) is 12.6 Å². The summed E-state index contributed by atoms with van der Waals surface area (Å²) in [6.45, 7) is 3.01. The van der Waals surface area contributed by atoms with Crippen LogP contribution in [0.4, 0.5) is 0 Å². The third-order valence-electron chi connectivity index (χ3n) is 4.91. The van der Waals surface area contributed by atoms with Gasteiger partial charge in [0.05, 0.1) is 5.60 Å². The summed E-state index contributed by atoms with van der Waals surface area (Å²) in [5.41, 5.74) is 0.150. The largest absolute Gasteiger partial charge is 0.374 e. The van der Waals surface area contributed by atoms with E-state index in [1.807, 2.05) is 0 Å². The van der Waals surface area contributed by atoms with Gasteiger partial charge >= 0.3 is 0 Å². The highest BCUT2D eigenvalue weighted by atomic mass is 16.5. The summed E-state index contributed by atoms with van der Waals surface area (Å²) < 4.78 is 6.23. The molecule has 1 unspecified atom stereocenters. The minimum Gasteiger partial charge on any atom is -0.374 e. The summed E-state index contributed by atoms with van der Waals surface area (Å²) >= 11 is 0. The molecule has 0 heterocycles. The fourth-order valence-corrected chi connectivity index (χ4v) is 3.69. The molecule has 2 rings (SSSR count). The molecule has 0 aromatic rings. The van der Waals surface area contributed by atoms with Crippen molar-refractivity contribution in [2.24, 2.45) is 5.92 Å². The van der Waals surface area contributed by atoms with Crippen LogP contribution in [0.5, 0.6) is 0 Å². The molecule has 2 aliphatic carbocycles. The molecular weight excluding hydrogens is 210 g/mol. The minimum absolute atomic E-state index is 0.150. The monoisotopic (exact) mass is 239 g/mol. The summed E-state index contributed by atoms with van der Waals surface area (Å²) in [6.07, 6.45) is 12.3. The van der Waals surface area contributed by atoms with Crippen LogP contribution in [0.1, 0.15) is 64.7 Å². The van der Waals surface area contributed by atoms with Crippen LogP contribution in [0.15, 0.2) is 0 Å². The molecule has 0 spiro atoms. The highest BCUT2D eigenvalue weighted by molar-refractivity contribution is 4.96. The van der Waals surface area contributed by atoms with Gasteiger partial charge in [0.15, 0.2) is 0 Å². The lowest BCUT2D eigenvalue weighted by molar-refractivity contribution is -0.0946. The molecule has 0 amide bonds. The maximum absolute atomic E-state index is 6.23. The molecule has 1 atom stereocenters. The standard InChI is InChI=1S/C15H29NO/c1-3-17-15(10-5-4-6-11-15)14(16-2)12-13-8-7-9-13/h13-14,16H,3-12H2,1-2H3. The number of hydrogen-bond acceptors (Lipinski definition) is 2. The fourth-order valence-electron chi connectivity index (χ4n) is 3.69. The molecule has 100 valence electrons. The molecule has 0 bridgehead atoms. The molecule has 0 saturated heterocycles. The van der Waals surface area contributed by atoms with Gasteiger partial charge in [0.25, 0.3) is 0 Å². The van der Waals surface area contributed by atoms with Crippen molar-refractivity contribution in [3.8, 4) is 0 Å². The molecule has 17 heavy (non-hydrogen) atoms. The van der Waals surface area contributed by atoms with E-state index in [0.717, 1.165) is 12.5 Å². The predicted octanol–water partition coefficient (Wildman–Crippen LogP) is 3.50.